The number of H-pyrrole nitrogens is 1. The summed E-state index contributed by atoms with van der Waals surface area (Å²) in [6, 6.07) is -2.47. The van der Waals surface area contributed by atoms with Crippen molar-refractivity contribution in [3.05, 3.63) is 18.2 Å². The molecule has 3 amide bonds. The molecule has 3 unspecified atom stereocenters. The van der Waals surface area contributed by atoms with Gasteiger partial charge in [0.25, 0.3) is 0 Å². The molecule has 0 radical (unpaired) electrons. The van der Waals surface area contributed by atoms with E-state index in [0.717, 1.165) is 13.0 Å². The number of nitrogens with zero attached hydrogens (tertiary/aromatic N) is 2. The molecule has 0 saturated carbocycles. The third kappa shape index (κ3) is 9.14. The number of carboxylic acids is 1. The van der Waals surface area contributed by atoms with E-state index in [1.54, 1.807) is 0 Å². The van der Waals surface area contributed by atoms with Gasteiger partial charge in [0.2, 0.25) is 17.7 Å². The number of carbonyl (C=O) groups is 4. The standard InChI is InChI=1S/C19H31N9O5/c20-19(21)24-6-2-4-13(18(32)33)27-15(29)9-25-16(30)14(7-11-8-22-10-26-11)28-17(31)12-3-1-5-23-12/h8,10,12-14,23H,1-7,9H2,(H,22,26)(H,25,30)(H,27,29)(H,28,31)(H,32,33)(H4,20,21,24). The predicted octanol–water partition coefficient (Wildman–Crippen LogP) is -3.07. The molecular formula is C19H31N9O5. The van der Waals surface area contributed by atoms with Gasteiger partial charge < -0.3 is 42.8 Å². The number of amides is 3. The molecule has 182 valence electrons. The fourth-order valence-corrected chi connectivity index (χ4v) is 3.30. The van der Waals surface area contributed by atoms with Crippen LogP contribution in [0.2, 0.25) is 0 Å². The summed E-state index contributed by atoms with van der Waals surface area (Å²) >= 11 is 0. The molecule has 0 spiro atoms. The van der Waals surface area contributed by atoms with Crippen molar-refractivity contribution in [2.45, 2.75) is 50.2 Å². The Bertz CT molecular complexity index is 833. The Morgan fingerprint density at radius 1 is 1.24 bits per heavy atom. The first-order chi connectivity index (χ1) is 15.8. The minimum atomic E-state index is -1.21. The summed E-state index contributed by atoms with van der Waals surface area (Å²) in [6.45, 7) is 0.503. The predicted molar refractivity (Wildman–Crippen MR) is 118 cm³/mol. The van der Waals surface area contributed by atoms with E-state index in [1.807, 2.05) is 0 Å². The van der Waals surface area contributed by atoms with Crippen LogP contribution in [-0.4, -0.2) is 82.5 Å². The smallest absolute Gasteiger partial charge is 0.326 e. The van der Waals surface area contributed by atoms with Crippen LogP contribution in [0.4, 0.5) is 0 Å². The van der Waals surface area contributed by atoms with Gasteiger partial charge in [-0.1, -0.05) is 0 Å². The summed E-state index contributed by atoms with van der Waals surface area (Å²) in [7, 11) is 0. The van der Waals surface area contributed by atoms with Gasteiger partial charge in [0, 0.05) is 24.9 Å². The Kier molecular flexibility index (Phi) is 10.1. The molecule has 1 aromatic heterocycles. The maximum absolute atomic E-state index is 12.7. The van der Waals surface area contributed by atoms with Crippen molar-refractivity contribution in [2.24, 2.45) is 16.5 Å². The molecule has 1 fully saturated rings. The summed E-state index contributed by atoms with van der Waals surface area (Å²) in [5, 5.41) is 19.9. The Balaban J connectivity index is 1.88. The molecule has 1 aliphatic heterocycles. The summed E-state index contributed by atoms with van der Waals surface area (Å²) in [5.74, 6) is -2.88. The third-order valence-corrected chi connectivity index (χ3v) is 4.99. The molecule has 2 heterocycles. The van der Waals surface area contributed by atoms with Crippen molar-refractivity contribution in [3.63, 3.8) is 0 Å². The van der Waals surface area contributed by atoms with Crippen LogP contribution >= 0.6 is 0 Å². The highest BCUT2D eigenvalue weighted by Crippen LogP contribution is 2.06. The molecule has 10 N–H and O–H groups in total. The molecular weight excluding hydrogens is 434 g/mol. The number of nitrogens with two attached hydrogens (primary N) is 2. The fourth-order valence-electron chi connectivity index (χ4n) is 3.30. The third-order valence-electron chi connectivity index (χ3n) is 4.99. The van der Waals surface area contributed by atoms with Crippen molar-refractivity contribution in [3.8, 4) is 0 Å². The van der Waals surface area contributed by atoms with Crippen molar-refractivity contribution in [1.82, 2.24) is 31.2 Å². The highest BCUT2D eigenvalue weighted by Gasteiger charge is 2.28. The van der Waals surface area contributed by atoms with Crippen LogP contribution in [0.5, 0.6) is 0 Å². The Morgan fingerprint density at radius 3 is 2.64 bits per heavy atom. The second-order valence-electron chi connectivity index (χ2n) is 7.62. The zero-order chi connectivity index (χ0) is 24.2. The second kappa shape index (κ2) is 13.0. The lowest BCUT2D eigenvalue weighted by molar-refractivity contribution is -0.142. The number of hydrogen-bond donors (Lipinski definition) is 8. The Hall–Kier alpha value is -3.68. The number of carbonyl (C=O) groups excluding carboxylic acids is 3. The lowest BCUT2D eigenvalue weighted by Crippen LogP contribution is -2.54. The first kappa shape index (κ1) is 25.6. The molecule has 2 rings (SSSR count). The Morgan fingerprint density at radius 2 is 2.03 bits per heavy atom. The number of aromatic amines is 1. The van der Waals surface area contributed by atoms with Gasteiger partial charge in [0.05, 0.1) is 18.9 Å². The van der Waals surface area contributed by atoms with E-state index in [0.29, 0.717) is 18.5 Å². The number of aliphatic carboxylic acids is 1. The van der Waals surface area contributed by atoms with E-state index in [9.17, 15) is 24.3 Å². The number of aromatic nitrogens is 2. The number of nitrogens with one attached hydrogen (secondary N) is 5. The summed E-state index contributed by atoms with van der Waals surface area (Å²) < 4.78 is 0. The van der Waals surface area contributed by atoms with E-state index in [1.165, 1.54) is 12.5 Å². The number of carboxylic acid groups (broad SMARTS) is 1. The van der Waals surface area contributed by atoms with E-state index in [-0.39, 0.29) is 37.3 Å². The summed E-state index contributed by atoms with van der Waals surface area (Å²) in [5.41, 5.74) is 11.1. The van der Waals surface area contributed by atoms with Crippen LogP contribution in [0.1, 0.15) is 31.4 Å². The normalized spacial score (nSPS) is 16.9. The first-order valence-electron chi connectivity index (χ1n) is 10.6. The van der Waals surface area contributed by atoms with Gasteiger partial charge in [-0.05, 0) is 32.2 Å². The molecule has 0 aromatic carbocycles. The van der Waals surface area contributed by atoms with Crippen molar-refractivity contribution >= 4 is 29.7 Å². The van der Waals surface area contributed by atoms with Gasteiger partial charge in [-0.15, -0.1) is 0 Å². The highest BCUT2D eigenvalue weighted by atomic mass is 16.4. The van der Waals surface area contributed by atoms with Gasteiger partial charge >= 0.3 is 5.97 Å². The summed E-state index contributed by atoms with van der Waals surface area (Å²) in [6.07, 6.45) is 5.13. The van der Waals surface area contributed by atoms with Crippen molar-refractivity contribution in [1.29, 1.82) is 0 Å². The zero-order valence-electron chi connectivity index (χ0n) is 18.2. The molecule has 0 aliphatic carbocycles. The molecule has 1 aromatic rings. The second-order valence-corrected chi connectivity index (χ2v) is 7.62. The number of aliphatic imine (C=N–C) groups is 1. The van der Waals surface area contributed by atoms with Gasteiger partial charge in [0.15, 0.2) is 5.96 Å². The van der Waals surface area contributed by atoms with Gasteiger partial charge in [-0.3, -0.25) is 19.4 Å². The van der Waals surface area contributed by atoms with Crippen LogP contribution in [0.15, 0.2) is 17.5 Å². The number of guanidine groups is 1. The Labute approximate surface area is 190 Å². The quantitative estimate of drug-likeness (QED) is 0.0837. The fraction of sp³-hybridized carbons (Fsp3) is 0.579. The minimum absolute atomic E-state index is 0.103. The maximum atomic E-state index is 12.7. The van der Waals surface area contributed by atoms with Gasteiger partial charge in [-0.25, -0.2) is 9.78 Å². The monoisotopic (exact) mass is 465 g/mol. The highest BCUT2D eigenvalue weighted by molar-refractivity contribution is 5.92. The zero-order valence-corrected chi connectivity index (χ0v) is 18.2. The maximum Gasteiger partial charge on any atom is 0.326 e. The molecule has 0 bridgehead atoms. The van der Waals surface area contributed by atoms with Crippen LogP contribution in [-0.2, 0) is 25.6 Å². The van der Waals surface area contributed by atoms with E-state index >= 15 is 0 Å². The SMILES string of the molecule is NC(N)=NCCCC(NC(=O)CNC(=O)C(Cc1cnc[nH]1)NC(=O)C1CCCN1)C(=O)O. The van der Waals surface area contributed by atoms with Gasteiger partial charge in [0.1, 0.15) is 12.1 Å². The van der Waals surface area contributed by atoms with Crippen LogP contribution in [0, 0.1) is 0 Å². The molecule has 1 saturated heterocycles. The van der Waals surface area contributed by atoms with Crippen LogP contribution in [0.25, 0.3) is 0 Å². The number of rotatable bonds is 13. The van der Waals surface area contributed by atoms with E-state index in [4.69, 9.17) is 11.5 Å². The topological polar surface area (TPSA) is 230 Å². The van der Waals surface area contributed by atoms with Crippen LogP contribution in [0.3, 0.4) is 0 Å². The average molecular weight is 466 g/mol. The van der Waals surface area contributed by atoms with Crippen LogP contribution < -0.4 is 32.7 Å². The molecule has 1 aliphatic rings. The van der Waals surface area contributed by atoms with E-state index in [2.05, 4.69) is 36.2 Å². The van der Waals surface area contributed by atoms with E-state index < -0.39 is 36.4 Å². The van der Waals surface area contributed by atoms with Crippen molar-refractivity contribution < 1.29 is 24.3 Å². The first-order valence-corrected chi connectivity index (χ1v) is 10.6. The lowest BCUT2D eigenvalue weighted by atomic mass is 10.1. The molecule has 33 heavy (non-hydrogen) atoms. The molecule has 3 atom stereocenters. The minimum Gasteiger partial charge on any atom is -0.480 e. The molecule has 14 heteroatoms. The van der Waals surface area contributed by atoms with Crippen molar-refractivity contribution in [2.75, 3.05) is 19.6 Å². The number of hydrogen-bond acceptors (Lipinski definition) is 7. The number of imidazole rings is 1. The average Bonchev–Trinajstić information content (AvgIpc) is 3.47. The lowest BCUT2D eigenvalue weighted by Gasteiger charge is -2.20. The molecule has 14 nitrogen and oxygen atoms in total. The van der Waals surface area contributed by atoms with Gasteiger partial charge in [-0.2, -0.15) is 0 Å². The summed E-state index contributed by atoms with van der Waals surface area (Å²) in [4.78, 5) is 59.3. The largest absolute Gasteiger partial charge is 0.480 e.